The highest BCUT2D eigenvalue weighted by Gasteiger charge is 2.09. The maximum Gasteiger partial charge on any atom is 0.174 e. The minimum absolute atomic E-state index is 0.0284. The van der Waals surface area contributed by atoms with Crippen LogP contribution in [0.15, 0.2) is 24.3 Å². The third-order valence-corrected chi connectivity index (χ3v) is 3.25. The van der Waals surface area contributed by atoms with Crippen molar-refractivity contribution in [2.75, 3.05) is 26.4 Å². The van der Waals surface area contributed by atoms with Gasteiger partial charge in [-0.3, -0.25) is 0 Å². The summed E-state index contributed by atoms with van der Waals surface area (Å²) in [5.74, 6) is 3.92. The van der Waals surface area contributed by atoms with Crippen molar-refractivity contribution in [2.45, 2.75) is 13.3 Å². The Balaban J connectivity index is 2.34. The Morgan fingerprint density at radius 1 is 1.13 bits per heavy atom. The fourth-order valence-electron chi connectivity index (χ4n) is 2.12. The minimum Gasteiger partial charge on any atom is -0.384 e. The molecule has 0 radical (unpaired) electrons. The molecule has 0 saturated heterocycles. The van der Waals surface area contributed by atoms with E-state index in [0.29, 0.717) is 23.5 Å². The van der Waals surface area contributed by atoms with Crippen LogP contribution in [0.3, 0.4) is 0 Å². The lowest BCUT2D eigenvalue weighted by Crippen LogP contribution is -2.15. The van der Waals surface area contributed by atoms with Crippen molar-refractivity contribution in [1.82, 2.24) is 9.88 Å². The number of nitrogen functional groups attached to an aromatic ring is 1. The number of halogens is 2. The molecule has 0 aliphatic carbocycles. The molecule has 0 unspecified atom stereocenters. The molecule has 5 heteroatoms. The Hall–Kier alpha value is -2.45. The second kappa shape index (κ2) is 7.21. The molecule has 1 aromatic carbocycles. The van der Waals surface area contributed by atoms with Crippen molar-refractivity contribution in [1.29, 1.82) is 0 Å². The number of hydrogen-bond acceptors (Lipinski definition) is 3. The summed E-state index contributed by atoms with van der Waals surface area (Å²) in [7, 11) is 3.85. The quantitative estimate of drug-likeness (QED) is 0.886. The average molecular weight is 315 g/mol. The number of nitrogens with zero attached hydrogens (tertiary/aromatic N) is 2. The normalized spacial score (nSPS) is 10.5. The van der Waals surface area contributed by atoms with Crippen molar-refractivity contribution in [2.24, 2.45) is 0 Å². The molecule has 0 amide bonds. The lowest BCUT2D eigenvalue weighted by molar-refractivity contribution is 0.412. The molecule has 23 heavy (non-hydrogen) atoms. The van der Waals surface area contributed by atoms with E-state index < -0.39 is 11.6 Å². The molecule has 2 N–H and O–H groups in total. The topological polar surface area (TPSA) is 42.1 Å². The summed E-state index contributed by atoms with van der Waals surface area (Å²) < 4.78 is 27.6. The van der Waals surface area contributed by atoms with Crippen molar-refractivity contribution in [3.63, 3.8) is 0 Å². The minimum atomic E-state index is -0.938. The lowest BCUT2D eigenvalue weighted by atomic mass is 10.1. The van der Waals surface area contributed by atoms with Crippen LogP contribution < -0.4 is 5.73 Å². The highest BCUT2D eigenvalue weighted by atomic mass is 19.2. The van der Waals surface area contributed by atoms with Crippen molar-refractivity contribution in [3.05, 3.63) is 58.3 Å². The van der Waals surface area contributed by atoms with Crippen LogP contribution in [0.2, 0.25) is 0 Å². The van der Waals surface area contributed by atoms with E-state index in [0.717, 1.165) is 12.1 Å². The van der Waals surface area contributed by atoms with Gasteiger partial charge >= 0.3 is 0 Å². The summed E-state index contributed by atoms with van der Waals surface area (Å²) in [5.41, 5.74) is 7.73. The predicted molar refractivity (Wildman–Crippen MR) is 88.0 cm³/mol. The Morgan fingerprint density at radius 2 is 1.87 bits per heavy atom. The van der Waals surface area contributed by atoms with Crippen LogP contribution in [0.1, 0.15) is 22.4 Å². The number of anilines is 1. The molecule has 0 aliphatic rings. The zero-order valence-electron chi connectivity index (χ0n) is 13.5. The molecule has 2 aromatic rings. The molecule has 1 heterocycles. The number of pyridine rings is 1. The van der Waals surface area contributed by atoms with Gasteiger partial charge in [-0.15, -0.1) is 0 Å². The molecule has 0 saturated carbocycles. The van der Waals surface area contributed by atoms with E-state index in [1.54, 1.807) is 18.2 Å². The summed E-state index contributed by atoms with van der Waals surface area (Å²) in [6.07, 6.45) is 0.620. The Morgan fingerprint density at radius 3 is 2.52 bits per heavy atom. The fourth-order valence-corrected chi connectivity index (χ4v) is 2.12. The summed E-state index contributed by atoms with van der Waals surface area (Å²) >= 11 is 0. The van der Waals surface area contributed by atoms with E-state index in [1.807, 2.05) is 25.9 Å². The predicted octanol–water partition coefficient (Wildman–Crippen LogP) is 2.75. The van der Waals surface area contributed by atoms with Crippen LogP contribution in [0.25, 0.3) is 0 Å². The van der Waals surface area contributed by atoms with Crippen LogP contribution in [0.4, 0.5) is 14.6 Å². The monoisotopic (exact) mass is 315 g/mol. The van der Waals surface area contributed by atoms with Gasteiger partial charge in [-0.05, 0) is 68.8 Å². The van der Waals surface area contributed by atoms with Gasteiger partial charge < -0.3 is 10.6 Å². The molecule has 1 aromatic heterocycles. The van der Waals surface area contributed by atoms with Crippen LogP contribution in [-0.4, -0.2) is 30.5 Å². The molecule has 3 nitrogen and oxygen atoms in total. The molecule has 0 bridgehead atoms. The van der Waals surface area contributed by atoms with E-state index in [2.05, 4.69) is 16.8 Å². The fraction of sp³-hybridized carbons (Fsp3) is 0.278. The number of rotatable bonds is 3. The van der Waals surface area contributed by atoms with Crippen LogP contribution in [-0.2, 0) is 6.42 Å². The van der Waals surface area contributed by atoms with Gasteiger partial charge in [0.1, 0.15) is 11.5 Å². The summed E-state index contributed by atoms with van der Waals surface area (Å²) in [6.45, 7) is 2.61. The van der Waals surface area contributed by atoms with E-state index in [4.69, 9.17) is 5.73 Å². The Kier molecular flexibility index (Phi) is 5.30. The maximum atomic E-state index is 13.9. The van der Waals surface area contributed by atoms with Crippen LogP contribution in [0, 0.1) is 30.4 Å². The van der Waals surface area contributed by atoms with E-state index in [1.165, 1.54) is 6.07 Å². The second-order valence-electron chi connectivity index (χ2n) is 5.70. The maximum absolute atomic E-state index is 13.9. The molecule has 2 rings (SSSR count). The van der Waals surface area contributed by atoms with Crippen molar-refractivity contribution < 1.29 is 8.78 Å². The molecule has 0 spiro atoms. The van der Waals surface area contributed by atoms with Gasteiger partial charge in [0.25, 0.3) is 0 Å². The Bertz CT molecular complexity index is 754. The number of nitrogens with two attached hydrogens (primary N) is 1. The average Bonchev–Trinajstić information content (AvgIpc) is 2.46. The first kappa shape index (κ1) is 16.9. The molecular formula is C18H19F2N3. The van der Waals surface area contributed by atoms with Gasteiger partial charge in [0.05, 0.1) is 5.56 Å². The number of likely N-dealkylation sites (N-methyl/N-ethyl adjacent to an activating group) is 1. The highest BCUT2D eigenvalue weighted by Crippen LogP contribution is 2.15. The third-order valence-electron chi connectivity index (χ3n) is 3.25. The number of hydrogen-bond donors (Lipinski definition) is 1. The highest BCUT2D eigenvalue weighted by molar-refractivity contribution is 5.46. The molecule has 0 aliphatic heterocycles. The van der Waals surface area contributed by atoms with Crippen molar-refractivity contribution in [3.8, 4) is 11.8 Å². The molecular weight excluding hydrogens is 296 g/mol. The summed E-state index contributed by atoms with van der Waals surface area (Å²) in [6, 6.07) is 6.25. The first-order valence-corrected chi connectivity index (χ1v) is 7.24. The number of benzene rings is 1. The number of aryl methyl sites for hydroxylation is 1. The van der Waals surface area contributed by atoms with Gasteiger partial charge in [-0.1, -0.05) is 5.92 Å². The molecule has 120 valence electrons. The van der Waals surface area contributed by atoms with Crippen LogP contribution >= 0.6 is 0 Å². The number of aromatic nitrogens is 1. The lowest BCUT2D eigenvalue weighted by Gasteiger charge is -2.10. The first-order valence-electron chi connectivity index (χ1n) is 7.24. The van der Waals surface area contributed by atoms with Gasteiger partial charge in [-0.2, -0.15) is 0 Å². The SMILES string of the molecule is Cc1cc(N)nc(C#Cc2cc(CCN(C)C)cc(F)c2F)c1. The van der Waals surface area contributed by atoms with Gasteiger partial charge in [0.15, 0.2) is 11.6 Å². The van der Waals surface area contributed by atoms with Gasteiger partial charge in [0, 0.05) is 6.54 Å². The standard InChI is InChI=1S/C18H19F2N3/c1-12-8-15(22-17(21)9-12)5-4-14-10-13(6-7-23(2)3)11-16(19)18(14)20/h8-11H,6-7H2,1-3H3,(H2,21,22). The van der Waals surface area contributed by atoms with E-state index >= 15 is 0 Å². The van der Waals surface area contributed by atoms with Gasteiger partial charge in [-0.25, -0.2) is 13.8 Å². The summed E-state index contributed by atoms with van der Waals surface area (Å²) in [4.78, 5) is 6.04. The van der Waals surface area contributed by atoms with Crippen LogP contribution in [0.5, 0.6) is 0 Å². The third kappa shape index (κ3) is 4.76. The summed E-state index contributed by atoms with van der Waals surface area (Å²) in [5, 5.41) is 0. The largest absolute Gasteiger partial charge is 0.384 e. The molecule has 0 fully saturated rings. The van der Waals surface area contributed by atoms with Gasteiger partial charge in [0.2, 0.25) is 0 Å². The zero-order valence-corrected chi connectivity index (χ0v) is 13.5. The smallest absolute Gasteiger partial charge is 0.174 e. The molecule has 0 atom stereocenters. The zero-order chi connectivity index (χ0) is 17.0. The van der Waals surface area contributed by atoms with E-state index in [9.17, 15) is 8.78 Å². The van der Waals surface area contributed by atoms with Crippen molar-refractivity contribution >= 4 is 5.82 Å². The first-order chi connectivity index (χ1) is 10.8. The Labute approximate surface area is 135 Å². The second-order valence-corrected chi connectivity index (χ2v) is 5.70. The van der Waals surface area contributed by atoms with E-state index in [-0.39, 0.29) is 5.56 Å².